The molecule has 0 spiro atoms. The molecule has 0 aromatic heterocycles. The number of amides is 2. The van der Waals surface area contributed by atoms with Crippen molar-refractivity contribution in [1.29, 1.82) is 0 Å². The summed E-state index contributed by atoms with van der Waals surface area (Å²) in [5, 5.41) is 5.13. The van der Waals surface area contributed by atoms with E-state index in [9.17, 15) is 19.2 Å². The number of ether oxygens (including phenoxy) is 2. The molecule has 6 atom stereocenters. The Balaban J connectivity index is 6.19. The summed E-state index contributed by atoms with van der Waals surface area (Å²) < 4.78 is 11.4. The number of allylic oxidation sites excluding steroid dienone is 3. The number of nitrogens with one attached hydrogen (secondary N) is 1. The standard InChI is InChI=1S/C39H67N3O6S/c1-14-18-19-20-21-31(16-3)24-32(23-29(8)38(46)48-39(10,11)12)41-35(44)26-40-37(49-17-4)34(47-30(9)43)25-33(27(5)6)42(13)36(45)22-28(7)15-2/h16-19,27-29,31-34H,3-4,14-15,20-26H2,1-2,5-13H3,(H,41,44)/b19-18-,40-37?/t28-,29?,31?,32?,33?,34?/m0/s1. The van der Waals surface area contributed by atoms with E-state index in [1.165, 1.54) is 18.7 Å². The minimum absolute atomic E-state index is 0.0368. The zero-order valence-electron chi connectivity index (χ0n) is 32.4. The van der Waals surface area contributed by atoms with Crippen LogP contribution < -0.4 is 5.32 Å². The molecule has 0 radical (unpaired) electrons. The summed E-state index contributed by atoms with van der Waals surface area (Å²) in [6.07, 6.45) is 10.9. The molecule has 0 fully saturated rings. The number of carbonyl (C=O) groups excluding carboxylic acids is 4. The molecule has 0 saturated carbocycles. The minimum Gasteiger partial charge on any atom is -0.460 e. The van der Waals surface area contributed by atoms with Gasteiger partial charge in [-0.25, -0.2) is 0 Å². The molecule has 9 nitrogen and oxygen atoms in total. The van der Waals surface area contributed by atoms with Crippen LogP contribution in [0.4, 0.5) is 0 Å². The summed E-state index contributed by atoms with van der Waals surface area (Å²) in [4.78, 5) is 58.1. The van der Waals surface area contributed by atoms with Gasteiger partial charge >= 0.3 is 11.9 Å². The quantitative estimate of drug-likeness (QED) is 0.0492. The van der Waals surface area contributed by atoms with Gasteiger partial charge in [0.1, 0.15) is 17.2 Å². The predicted molar refractivity (Wildman–Crippen MR) is 204 cm³/mol. The molecule has 0 saturated heterocycles. The summed E-state index contributed by atoms with van der Waals surface area (Å²) in [6.45, 7) is 26.6. The monoisotopic (exact) mass is 705 g/mol. The van der Waals surface area contributed by atoms with E-state index >= 15 is 0 Å². The van der Waals surface area contributed by atoms with Crippen LogP contribution in [0.15, 0.2) is 41.8 Å². The second-order valence-corrected chi connectivity index (χ2v) is 15.4. The molecule has 0 aliphatic heterocycles. The van der Waals surface area contributed by atoms with Gasteiger partial charge in [-0.2, -0.15) is 0 Å². The van der Waals surface area contributed by atoms with E-state index in [2.05, 4.69) is 56.4 Å². The zero-order chi connectivity index (χ0) is 37.7. The van der Waals surface area contributed by atoms with E-state index in [0.29, 0.717) is 30.7 Å². The molecule has 5 unspecified atom stereocenters. The van der Waals surface area contributed by atoms with Gasteiger partial charge in [0, 0.05) is 38.9 Å². The van der Waals surface area contributed by atoms with Crippen LogP contribution in [0, 0.1) is 23.7 Å². The van der Waals surface area contributed by atoms with Gasteiger partial charge in [-0.15, -0.1) is 6.58 Å². The second-order valence-electron chi connectivity index (χ2n) is 14.4. The largest absolute Gasteiger partial charge is 0.460 e. The number of thioether (sulfide) groups is 1. The van der Waals surface area contributed by atoms with Crippen molar-refractivity contribution in [3.05, 3.63) is 36.8 Å². The van der Waals surface area contributed by atoms with Gasteiger partial charge in [0.2, 0.25) is 11.8 Å². The fourth-order valence-corrected chi connectivity index (χ4v) is 6.03. The maximum atomic E-state index is 13.4. The predicted octanol–water partition coefficient (Wildman–Crippen LogP) is 8.29. The maximum Gasteiger partial charge on any atom is 0.309 e. The van der Waals surface area contributed by atoms with Gasteiger partial charge in [-0.1, -0.05) is 84.5 Å². The van der Waals surface area contributed by atoms with Gasteiger partial charge < -0.3 is 19.7 Å². The smallest absolute Gasteiger partial charge is 0.309 e. The average molecular weight is 706 g/mol. The molecule has 49 heavy (non-hydrogen) atoms. The number of aliphatic imine (C=N–C) groups is 1. The van der Waals surface area contributed by atoms with E-state index in [-0.39, 0.29) is 54.2 Å². The van der Waals surface area contributed by atoms with Crippen molar-refractivity contribution in [2.24, 2.45) is 28.7 Å². The molecule has 10 heteroatoms. The molecular weight excluding hydrogens is 639 g/mol. The van der Waals surface area contributed by atoms with Crippen LogP contribution in [0.1, 0.15) is 121 Å². The first-order valence-corrected chi connectivity index (χ1v) is 18.8. The van der Waals surface area contributed by atoms with Crippen LogP contribution in [0.25, 0.3) is 0 Å². The lowest BCUT2D eigenvalue weighted by Crippen LogP contribution is -2.44. The Bertz CT molecular complexity index is 1110. The number of esters is 2. The number of rotatable bonds is 23. The van der Waals surface area contributed by atoms with Crippen molar-refractivity contribution in [1.82, 2.24) is 10.2 Å². The topological polar surface area (TPSA) is 114 Å². The van der Waals surface area contributed by atoms with E-state index in [1.54, 1.807) is 17.4 Å². The van der Waals surface area contributed by atoms with Crippen LogP contribution >= 0.6 is 11.8 Å². The fraction of sp³-hybridized carbons (Fsp3) is 0.718. The molecule has 0 bridgehead atoms. The first kappa shape index (κ1) is 46.1. The molecule has 1 N–H and O–H groups in total. The number of carbonyl (C=O) groups is 4. The van der Waals surface area contributed by atoms with Gasteiger partial charge in [0.25, 0.3) is 0 Å². The number of nitrogens with zero attached hydrogens (tertiary/aromatic N) is 2. The average Bonchev–Trinajstić information content (AvgIpc) is 3.00. The van der Waals surface area contributed by atoms with Gasteiger partial charge in [0.15, 0.2) is 6.10 Å². The molecular formula is C39H67N3O6S. The Morgan fingerprint density at radius 3 is 2.16 bits per heavy atom. The first-order valence-electron chi connectivity index (χ1n) is 17.9. The second kappa shape index (κ2) is 24.3. The zero-order valence-corrected chi connectivity index (χ0v) is 33.2. The van der Waals surface area contributed by atoms with Crippen LogP contribution in [0.3, 0.4) is 0 Å². The van der Waals surface area contributed by atoms with Gasteiger partial charge in [0.05, 0.1) is 5.92 Å². The third kappa shape index (κ3) is 20.4. The Morgan fingerprint density at radius 2 is 1.65 bits per heavy atom. The molecule has 0 aliphatic carbocycles. The summed E-state index contributed by atoms with van der Waals surface area (Å²) in [5.74, 6) is -1.05. The molecule has 0 aliphatic rings. The molecule has 0 heterocycles. The Kier molecular flexibility index (Phi) is 22.9. The van der Waals surface area contributed by atoms with Crippen LogP contribution in [-0.4, -0.2) is 71.1 Å². The third-order valence-electron chi connectivity index (χ3n) is 8.34. The minimum atomic E-state index is -0.774. The lowest BCUT2D eigenvalue weighted by molar-refractivity contribution is -0.160. The highest BCUT2D eigenvalue weighted by Crippen LogP contribution is 2.25. The highest BCUT2D eigenvalue weighted by Gasteiger charge is 2.31. The van der Waals surface area contributed by atoms with E-state index in [0.717, 1.165) is 25.7 Å². The van der Waals surface area contributed by atoms with Crippen molar-refractivity contribution < 1.29 is 28.7 Å². The highest BCUT2D eigenvalue weighted by atomic mass is 32.2. The maximum absolute atomic E-state index is 13.4. The molecule has 0 aromatic carbocycles. The van der Waals surface area contributed by atoms with Gasteiger partial charge in [-0.3, -0.25) is 24.2 Å². The van der Waals surface area contributed by atoms with E-state index in [4.69, 9.17) is 9.47 Å². The van der Waals surface area contributed by atoms with Crippen molar-refractivity contribution in [2.45, 2.75) is 144 Å². The highest BCUT2D eigenvalue weighted by molar-refractivity contribution is 8.16. The molecule has 0 rings (SSSR count). The number of hydrogen-bond donors (Lipinski definition) is 1. The Hall–Kier alpha value is -2.88. The summed E-state index contributed by atoms with van der Waals surface area (Å²) >= 11 is 1.19. The van der Waals surface area contributed by atoms with Crippen LogP contribution in [0.5, 0.6) is 0 Å². The Labute approximate surface area is 302 Å². The third-order valence-corrected chi connectivity index (χ3v) is 9.14. The van der Waals surface area contributed by atoms with Crippen molar-refractivity contribution in [2.75, 3.05) is 13.6 Å². The summed E-state index contributed by atoms with van der Waals surface area (Å²) in [7, 11) is 1.79. The van der Waals surface area contributed by atoms with Crippen LogP contribution in [-0.2, 0) is 28.7 Å². The van der Waals surface area contributed by atoms with Crippen LogP contribution in [0.2, 0.25) is 0 Å². The molecule has 2 amide bonds. The SMILES string of the molecule is C=CSC(=NCC(=O)NC(CC(C=C)CC/C=C\CC)CC(C)C(=O)OC(C)(C)C)C(CC(C(C)C)N(C)C(=O)C[C@@H](C)CC)OC(C)=O. The lowest BCUT2D eigenvalue weighted by Gasteiger charge is -2.34. The lowest BCUT2D eigenvalue weighted by atomic mass is 9.90. The number of hydrogen-bond acceptors (Lipinski definition) is 8. The first-order chi connectivity index (χ1) is 22.9. The Morgan fingerprint density at radius 1 is 1.00 bits per heavy atom. The van der Waals surface area contributed by atoms with Gasteiger partial charge in [-0.05, 0) is 76.0 Å². The normalized spacial score (nSPS) is 15.9. The van der Waals surface area contributed by atoms with Crippen molar-refractivity contribution >= 4 is 40.6 Å². The molecule has 0 aromatic rings. The summed E-state index contributed by atoms with van der Waals surface area (Å²) in [5.41, 5.74) is -0.615. The van der Waals surface area contributed by atoms with Crippen molar-refractivity contribution in [3.8, 4) is 0 Å². The van der Waals surface area contributed by atoms with E-state index in [1.807, 2.05) is 47.6 Å². The summed E-state index contributed by atoms with van der Waals surface area (Å²) in [6, 6.07) is -0.550. The fourth-order valence-electron chi connectivity index (χ4n) is 5.42. The van der Waals surface area contributed by atoms with E-state index < -0.39 is 23.6 Å². The molecule has 280 valence electrons. The van der Waals surface area contributed by atoms with Crippen molar-refractivity contribution in [3.63, 3.8) is 0 Å².